The molecule has 0 radical (unpaired) electrons. The van der Waals surface area contributed by atoms with Gasteiger partial charge in [0.05, 0.1) is 12.8 Å². The quantitative estimate of drug-likeness (QED) is 0.536. The maximum atomic E-state index is 12.7. The van der Waals surface area contributed by atoms with Crippen molar-refractivity contribution < 1.29 is 14.3 Å². The SMILES string of the molecule is CCOc1ccc(/C=N/NC2=NC3C(C(=O)NC(=O)N3C)N2Cc2cccc(C)c2)cc1. The summed E-state index contributed by atoms with van der Waals surface area (Å²) in [7, 11) is 1.62. The van der Waals surface area contributed by atoms with Crippen LogP contribution in [0.3, 0.4) is 0 Å². The van der Waals surface area contributed by atoms with E-state index in [0.29, 0.717) is 19.1 Å². The van der Waals surface area contributed by atoms with Crippen molar-refractivity contribution in [3.05, 3.63) is 65.2 Å². The molecule has 166 valence electrons. The number of hydrogen-bond donors (Lipinski definition) is 2. The second-order valence-corrected chi connectivity index (χ2v) is 7.71. The number of aryl methyl sites for hydroxylation is 1. The molecule has 0 bridgehead atoms. The number of fused-ring (bicyclic) bond motifs is 1. The van der Waals surface area contributed by atoms with E-state index >= 15 is 0 Å². The number of ether oxygens (including phenoxy) is 1. The van der Waals surface area contributed by atoms with Crippen molar-refractivity contribution in [1.82, 2.24) is 20.5 Å². The first-order valence-corrected chi connectivity index (χ1v) is 10.5. The van der Waals surface area contributed by atoms with Crippen molar-refractivity contribution in [3.63, 3.8) is 0 Å². The number of urea groups is 1. The molecule has 1 saturated heterocycles. The zero-order valence-electron chi connectivity index (χ0n) is 18.3. The highest BCUT2D eigenvalue weighted by Crippen LogP contribution is 2.25. The monoisotopic (exact) mass is 434 g/mol. The van der Waals surface area contributed by atoms with E-state index in [0.717, 1.165) is 22.4 Å². The maximum absolute atomic E-state index is 12.7. The first kappa shape index (κ1) is 21.4. The van der Waals surface area contributed by atoms with E-state index in [-0.39, 0.29) is 5.91 Å². The van der Waals surface area contributed by atoms with Crippen molar-refractivity contribution in [3.8, 4) is 5.75 Å². The second-order valence-electron chi connectivity index (χ2n) is 7.71. The zero-order chi connectivity index (χ0) is 22.7. The molecule has 9 nitrogen and oxygen atoms in total. The third kappa shape index (κ3) is 4.41. The summed E-state index contributed by atoms with van der Waals surface area (Å²) in [6, 6.07) is 14.5. The van der Waals surface area contributed by atoms with Gasteiger partial charge in [0.2, 0.25) is 5.96 Å². The smallest absolute Gasteiger partial charge is 0.325 e. The minimum absolute atomic E-state index is 0.373. The molecule has 2 heterocycles. The van der Waals surface area contributed by atoms with Crippen LogP contribution in [0.2, 0.25) is 0 Å². The molecule has 2 aliphatic heterocycles. The van der Waals surface area contributed by atoms with Gasteiger partial charge >= 0.3 is 6.03 Å². The molecule has 1 fully saturated rings. The molecular weight excluding hydrogens is 408 g/mol. The largest absolute Gasteiger partial charge is 0.494 e. The number of nitrogens with one attached hydrogen (secondary N) is 2. The van der Waals surface area contributed by atoms with Crippen molar-refractivity contribution in [2.24, 2.45) is 10.1 Å². The molecule has 2 aliphatic rings. The third-order valence-electron chi connectivity index (χ3n) is 5.37. The Morgan fingerprint density at radius 3 is 2.72 bits per heavy atom. The Bertz CT molecular complexity index is 1070. The number of guanidine groups is 1. The summed E-state index contributed by atoms with van der Waals surface area (Å²) in [5, 5.41) is 6.71. The summed E-state index contributed by atoms with van der Waals surface area (Å²) < 4.78 is 5.45. The molecule has 0 aromatic heterocycles. The van der Waals surface area contributed by atoms with E-state index in [1.165, 1.54) is 4.90 Å². The number of likely N-dealkylation sites (N-methyl/N-ethyl adjacent to an activating group) is 1. The molecule has 2 aromatic carbocycles. The summed E-state index contributed by atoms with van der Waals surface area (Å²) >= 11 is 0. The second kappa shape index (κ2) is 9.09. The molecule has 9 heteroatoms. The molecule has 0 spiro atoms. The highest BCUT2D eigenvalue weighted by atomic mass is 16.5. The standard InChI is InChI=1S/C23H26N6O3/c1-4-32-18-10-8-16(9-11-18)13-24-27-22-25-20-19(21(30)26-23(31)28(20)3)29(22)14-17-7-5-6-15(2)12-17/h5-13,19-20H,4,14H2,1-3H3,(H,25,27)(H,26,30,31)/b24-13+. The van der Waals surface area contributed by atoms with Gasteiger partial charge in [-0.15, -0.1) is 0 Å². The average molecular weight is 435 g/mol. The fraction of sp³-hybridized carbons (Fsp3) is 0.304. The van der Waals surface area contributed by atoms with Gasteiger partial charge in [0.25, 0.3) is 5.91 Å². The van der Waals surface area contributed by atoms with E-state index in [2.05, 4.69) is 26.9 Å². The van der Waals surface area contributed by atoms with Gasteiger partial charge in [-0.3, -0.25) is 10.1 Å². The molecule has 2 atom stereocenters. The van der Waals surface area contributed by atoms with E-state index in [4.69, 9.17) is 4.74 Å². The first-order valence-electron chi connectivity index (χ1n) is 10.5. The summed E-state index contributed by atoms with van der Waals surface area (Å²) in [5.41, 5.74) is 6.00. The van der Waals surface area contributed by atoms with Crippen LogP contribution in [0.1, 0.15) is 23.6 Å². The number of carbonyl (C=O) groups excluding carboxylic acids is 2. The van der Waals surface area contributed by atoms with Crippen LogP contribution in [-0.2, 0) is 11.3 Å². The highest BCUT2D eigenvalue weighted by molar-refractivity contribution is 6.03. The first-order chi connectivity index (χ1) is 15.5. The van der Waals surface area contributed by atoms with Crippen LogP contribution in [0.4, 0.5) is 4.79 Å². The summed E-state index contributed by atoms with van der Waals surface area (Å²) in [5.74, 6) is 0.854. The third-order valence-corrected chi connectivity index (χ3v) is 5.37. The molecular formula is C23H26N6O3. The predicted molar refractivity (Wildman–Crippen MR) is 121 cm³/mol. The van der Waals surface area contributed by atoms with Crippen molar-refractivity contribution >= 4 is 24.1 Å². The number of nitrogens with zero attached hydrogens (tertiary/aromatic N) is 4. The van der Waals surface area contributed by atoms with Crippen LogP contribution in [0, 0.1) is 6.92 Å². The summed E-state index contributed by atoms with van der Waals surface area (Å²) in [6.45, 7) is 5.01. The van der Waals surface area contributed by atoms with Crippen molar-refractivity contribution in [2.45, 2.75) is 32.6 Å². The topological polar surface area (TPSA) is 98.6 Å². The van der Waals surface area contributed by atoms with Gasteiger partial charge in [0.15, 0.2) is 12.2 Å². The van der Waals surface area contributed by atoms with E-state index in [1.54, 1.807) is 13.3 Å². The number of carbonyl (C=O) groups is 2. The van der Waals surface area contributed by atoms with E-state index < -0.39 is 18.2 Å². The molecule has 3 amide bonds. The van der Waals surface area contributed by atoms with Crippen LogP contribution >= 0.6 is 0 Å². The Hall–Kier alpha value is -3.88. The van der Waals surface area contributed by atoms with Crippen LogP contribution < -0.4 is 15.5 Å². The van der Waals surface area contributed by atoms with E-state index in [9.17, 15) is 9.59 Å². The number of hydrogen-bond acceptors (Lipinski definition) is 7. The van der Waals surface area contributed by atoms with Gasteiger partial charge in [-0.05, 0) is 49.2 Å². The number of amides is 3. The molecule has 2 N–H and O–H groups in total. The van der Waals surface area contributed by atoms with Crippen LogP contribution in [-0.4, -0.2) is 59.8 Å². The molecule has 2 unspecified atom stereocenters. The fourth-order valence-corrected chi connectivity index (χ4v) is 3.78. The summed E-state index contributed by atoms with van der Waals surface area (Å²) in [6.07, 6.45) is 1.05. The van der Waals surface area contributed by atoms with Gasteiger partial charge in [0.1, 0.15) is 5.75 Å². The zero-order valence-corrected chi connectivity index (χ0v) is 18.3. The average Bonchev–Trinajstić information content (AvgIpc) is 3.12. The lowest BCUT2D eigenvalue weighted by molar-refractivity contribution is -0.127. The van der Waals surface area contributed by atoms with Crippen LogP contribution in [0.15, 0.2) is 58.6 Å². The highest BCUT2D eigenvalue weighted by Gasteiger charge is 2.48. The molecule has 4 rings (SSSR count). The van der Waals surface area contributed by atoms with Gasteiger partial charge in [0, 0.05) is 13.6 Å². The van der Waals surface area contributed by atoms with E-state index in [1.807, 2.05) is 61.2 Å². The van der Waals surface area contributed by atoms with Gasteiger partial charge in [-0.25, -0.2) is 15.2 Å². The fourth-order valence-electron chi connectivity index (χ4n) is 3.78. The Morgan fingerprint density at radius 2 is 2.00 bits per heavy atom. The molecule has 0 saturated carbocycles. The van der Waals surface area contributed by atoms with Crippen molar-refractivity contribution in [2.75, 3.05) is 13.7 Å². The lowest BCUT2D eigenvalue weighted by Crippen LogP contribution is -2.63. The number of imide groups is 1. The predicted octanol–water partition coefficient (Wildman–Crippen LogP) is 2.07. The van der Waals surface area contributed by atoms with Gasteiger partial charge in [-0.2, -0.15) is 5.10 Å². The normalized spacial score (nSPS) is 20.3. The minimum atomic E-state index is -0.638. The Labute approximate surface area is 186 Å². The maximum Gasteiger partial charge on any atom is 0.325 e. The molecule has 2 aromatic rings. The number of aliphatic imine (C=N–C) groups is 1. The van der Waals surface area contributed by atoms with Crippen LogP contribution in [0.25, 0.3) is 0 Å². The van der Waals surface area contributed by atoms with Crippen molar-refractivity contribution in [1.29, 1.82) is 0 Å². The minimum Gasteiger partial charge on any atom is -0.494 e. The Kier molecular flexibility index (Phi) is 6.07. The number of rotatable bonds is 6. The lowest BCUT2D eigenvalue weighted by Gasteiger charge is -2.36. The van der Waals surface area contributed by atoms with Crippen LogP contribution in [0.5, 0.6) is 5.75 Å². The summed E-state index contributed by atoms with van der Waals surface area (Å²) in [4.78, 5) is 32.6. The van der Waals surface area contributed by atoms with Gasteiger partial charge < -0.3 is 14.5 Å². The Balaban J connectivity index is 1.55. The number of benzene rings is 2. The molecule has 32 heavy (non-hydrogen) atoms. The molecule has 0 aliphatic carbocycles. The lowest BCUT2D eigenvalue weighted by atomic mass is 10.1. The Morgan fingerprint density at radius 1 is 1.22 bits per heavy atom. The van der Waals surface area contributed by atoms with Gasteiger partial charge in [-0.1, -0.05) is 29.8 Å². The number of hydrazone groups is 1.